The Morgan fingerprint density at radius 3 is 2.52 bits per heavy atom. The molecule has 27 heavy (non-hydrogen) atoms. The first-order valence-electron chi connectivity index (χ1n) is 12.2. The number of unbranched alkanes of at least 4 members (excludes halogenated alkanes) is 1. The van der Waals surface area contributed by atoms with E-state index in [1.165, 1.54) is 64.2 Å². The summed E-state index contributed by atoms with van der Waals surface area (Å²) < 4.78 is 0. The fraction of sp³-hybridized carbons (Fsp3) is 0.923. The predicted molar refractivity (Wildman–Crippen MR) is 115 cm³/mol. The lowest BCUT2D eigenvalue weighted by Gasteiger charge is -2.57. The van der Waals surface area contributed by atoms with Gasteiger partial charge >= 0.3 is 0 Å². The SMILES string of the molecule is CC(C)CCCCC1CCC2C3=CCC4CC(O)CCC4(C)C3CCC12C. The smallest absolute Gasteiger partial charge is 0.0543 e. The third-order valence-corrected chi connectivity index (χ3v) is 9.83. The number of hydrogen-bond acceptors (Lipinski definition) is 1. The molecule has 7 unspecified atom stereocenters. The highest BCUT2D eigenvalue weighted by Crippen LogP contribution is 2.66. The van der Waals surface area contributed by atoms with Crippen LogP contribution in [0, 0.1) is 40.4 Å². The number of fused-ring (bicyclic) bond motifs is 5. The maximum atomic E-state index is 10.2. The highest BCUT2D eigenvalue weighted by Gasteiger charge is 2.57. The lowest BCUT2D eigenvalue weighted by atomic mass is 9.48. The van der Waals surface area contributed by atoms with Gasteiger partial charge in [-0.3, -0.25) is 0 Å². The maximum Gasteiger partial charge on any atom is 0.0543 e. The molecule has 0 aliphatic heterocycles. The van der Waals surface area contributed by atoms with Crippen molar-refractivity contribution in [1.29, 1.82) is 0 Å². The Hall–Kier alpha value is -0.300. The minimum atomic E-state index is -0.0337. The molecule has 4 rings (SSSR count). The first kappa shape index (κ1) is 20.0. The van der Waals surface area contributed by atoms with Crippen LogP contribution in [0.5, 0.6) is 0 Å². The van der Waals surface area contributed by atoms with Crippen LogP contribution in [0.25, 0.3) is 0 Å². The van der Waals surface area contributed by atoms with E-state index in [2.05, 4.69) is 33.8 Å². The predicted octanol–water partition coefficient (Wildman–Crippen LogP) is 7.14. The highest BCUT2D eigenvalue weighted by molar-refractivity contribution is 5.27. The number of rotatable bonds is 5. The van der Waals surface area contributed by atoms with Gasteiger partial charge in [-0.25, -0.2) is 0 Å². The molecule has 3 saturated carbocycles. The first-order valence-corrected chi connectivity index (χ1v) is 12.2. The molecule has 0 aromatic rings. The van der Waals surface area contributed by atoms with E-state index in [9.17, 15) is 5.11 Å². The zero-order valence-corrected chi connectivity index (χ0v) is 18.5. The molecule has 4 aliphatic carbocycles. The molecule has 0 spiro atoms. The standard InChI is InChI=1S/C26H44O/c1-18(2)7-5-6-8-19-10-12-23-22-11-9-20-17-21(27)13-15-26(20,4)24(22)14-16-25(19,23)3/h11,18-21,23-24,27H,5-10,12-17H2,1-4H3. The Kier molecular flexibility index (Phi) is 5.56. The number of hydrogen-bond donors (Lipinski definition) is 1. The average Bonchev–Trinajstić information content (AvgIpc) is 2.96. The van der Waals surface area contributed by atoms with Crippen molar-refractivity contribution >= 4 is 0 Å². The van der Waals surface area contributed by atoms with Crippen LogP contribution in [0.4, 0.5) is 0 Å². The minimum Gasteiger partial charge on any atom is -0.393 e. The van der Waals surface area contributed by atoms with Crippen molar-refractivity contribution in [2.24, 2.45) is 40.4 Å². The van der Waals surface area contributed by atoms with Crippen LogP contribution in [0.3, 0.4) is 0 Å². The van der Waals surface area contributed by atoms with Crippen LogP contribution >= 0.6 is 0 Å². The molecule has 154 valence electrons. The summed E-state index contributed by atoms with van der Waals surface area (Å²) in [5, 5.41) is 10.2. The lowest BCUT2D eigenvalue weighted by Crippen LogP contribution is -2.49. The van der Waals surface area contributed by atoms with Gasteiger partial charge in [0, 0.05) is 0 Å². The molecule has 1 nitrogen and oxygen atoms in total. The second-order valence-electron chi connectivity index (χ2n) is 11.7. The van der Waals surface area contributed by atoms with Crippen molar-refractivity contribution in [3.63, 3.8) is 0 Å². The Morgan fingerprint density at radius 2 is 1.74 bits per heavy atom. The summed E-state index contributed by atoms with van der Waals surface area (Å²) in [6.07, 6.45) is 18.8. The molecule has 0 saturated heterocycles. The molecule has 0 amide bonds. The van der Waals surface area contributed by atoms with Crippen LogP contribution < -0.4 is 0 Å². The second-order valence-corrected chi connectivity index (χ2v) is 11.7. The Morgan fingerprint density at radius 1 is 1.00 bits per heavy atom. The van der Waals surface area contributed by atoms with Gasteiger partial charge in [0.25, 0.3) is 0 Å². The first-order chi connectivity index (χ1) is 12.8. The van der Waals surface area contributed by atoms with Gasteiger partial charge in [0.2, 0.25) is 0 Å². The topological polar surface area (TPSA) is 20.2 Å². The van der Waals surface area contributed by atoms with Gasteiger partial charge < -0.3 is 5.11 Å². The average molecular weight is 373 g/mol. The van der Waals surface area contributed by atoms with E-state index >= 15 is 0 Å². The molecular formula is C26H44O. The summed E-state index contributed by atoms with van der Waals surface area (Å²) in [5.74, 6) is 4.25. The number of aliphatic hydroxyl groups is 1. The molecule has 0 aromatic heterocycles. The van der Waals surface area contributed by atoms with Crippen LogP contribution in [0.2, 0.25) is 0 Å². The van der Waals surface area contributed by atoms with Crippen molar-refractivity contribution in [2.75, 3.05) is 0 Å². The lowest BCUT2D eigenvalue weighted by molar-refractivity contribution is -0.0402. The molecular weight excluding hydrogens is 328 g/mol. The van der Waals surface area contributed by atoms with Gasteiger partial charge in [-0.05, 0) is 98.2 Å². The monoisotopic (exact) mass is 372 g/mol. The Labute approximate surface area is 168 Å². The molecule has 7 atom stereocenters. The molecule has 0 bridgehead atoms. The third-order valence-electron chi connectivity index (χ3n) is 9.83. The minimum absolute atomic E-state index is 0.0337. The van der Waals surface area contributed by atoms with Crippen LogP contribution in [-0.2, 0) is 0 Å². The van der Waals surface area contributed by atoms with Crippen LogP contribution in [0.15, 0.2) is 11.6 Å². The molecule has 4 aliphatic rings. The van der Waals surface area contributed by atoms with Crippen molar-refractivity contribution in [2.45, 2.75) is 111 Å². The summed E-state index contributed by atoms with van der Waals surface area (Å²) in [6, 6.07) is 0. The highest BCUT2D eigenvalue weighted by atomic mass is 16.3. The van der Waals surface area contributed by atoms with Crippen molar-refractivity contribution in [1.82, 2.24) is 0 Å². The van der Waals surface area contributed by atoms with E-state index in [-0.39, 0.29) is 6.10 Å². The Balaban J connectivity index is 1.47. The number of aliphatic hydroxyl groups excluding tert-OH is 1. The third kappa shape index (κ3) is 3.45. The zero-order valence-electron chi connectivity index (χ0n) is 18.5. The maximum absolute atomic E-state index is 10.2. The summed E-state index contributed by atoms with van der Waals surface area (Å²) in [4.78, 5) is 0. The fourth-order valence-corrected chi connectivity index (χ4v) is 8.01. The van der Waals surface area contributed by atoms with Gasteiger partial charge in [-0.2, -0.15) is 0 Å². The molecule has 3 fully saturated rings. The fourth-order valence-electron chi connectivity index (χ4n) is 8.01. The molecule has 1 N–H and O–H groups in total. The van der Waals surface area contributed by atoms with E-state index in [0.717, 1.165) is 42.4 Å². The summed E-state index contributed by atoms with van der Waals surface area (Å²) in [7, 11) is 0. The van der Waals surface area contributed by atoms with E-state index in [1.807, 2.05) is 5.57 Å². The quantitative estimate of drug-likeness (QED) is 0.401. The van der Waals surface area contributed by atoms with E-state index < -0.39 is 0 Å². The van der Waals surface area contributed by atoms with E-state index in [1.54, 1.807) is 0 Å². The summed E-state index contributed by atoms with van der Waals surface area (Å²) >= 11 is 0. The summed E-state index contributed by atoms with van der Waals surface area (Å²) in [5.41, 5.74) is 2.93. The van der Waals surface area contributed by atoms with Gasteiger partial charge in [0.05, 0.1) is 6.10 Å². The molecule has 0 aromatic carbocycles. The zero-order chi connectivity index (χ0) is 19.2. The molecule has 0 heterocycles. The van der Waals surface area contributed by atoms with Crippen molar-refractivity contribution < 1.29 is 5.11 Å². The Bertz CT molecular complexity index is 563. The van der Waals surface area contributed by atoms with E-state index in [4.69, 9.17) is 0 Å². The van der Waals surface area contributed by atoms with E-state index in [0.29, 0.717) is 10.8 Å². The molecule has 0 radical (unpaired) electrons. The van der Waals surface area contributed by atoms with Crippen LogP contribution in [-0.4, -0.2) is 11.2 Å². The summed E-state index contributed by atoms with van der Waals surface area (Å²) in [6.45, 7) is 9.97. The number of allylic oxidation sites excluding steroid dienone is 2. The van der Waals surface area contributed by atoms with Gasteiger partial charge in [-0.15, -0.1) is 0 Å². The van der Waals surface area contributed by atoms with Crippen molar-refractivity contribution in [3.05, 3.63) is 11.6 Å². The normalized spacial score (nSPS) is 46.6. The largest absolute Gasteiger partial charge is 0.393 e. The second kappa shape index (κ2) is 7.51. The van der Waals surface area contributed by atoms with Gasteiger partial charge in [0.15, 0.2) is 0 Å². The van der Waals surface area contributed by atoms with Crippen molar-refractivity contribution in [3.8, 4) is 0 Å². The molecule has 1 heteroatoms. The van der Waals surface area contributed by atoms with Gasteiger partial charge in [-0.1, -0.05) is 58.6 Å². The van der Waals surface area contributed by atoms with Gasteiger partial charge in [0.1, 0.15) is 0 Å². The van der Waals surface area contributed by atoms with Crippen LogP contribution in [0.1, 0.15) is 105 Å².